The standard InChI is InChI=1S/C12H27NO/c1-6-14-8-7-12(4,5)10-13-9-11(2)3/h11,13H,6-10H2,1-5H3. The van der Waals surface area contributed by atoms with E-state index >= 15 is 0 Å². The monoisotopic (exact) mass is 201 g/mol. The summed E-state index contributed by atoms with van der Waals surface area (Å²) in [6.45, 7) is 15.0. The van der Waals surface area contributed by atoms with Crippen molar-refractivity contribution in [3.63, 3.8) is 0 Å². The molecule has 0 saturated carbocycles. The van der Waals surface area contributed by atoms with Gasteiger partial charge in [0, 0.05) is 19.8 Å². The highest BCUT2D eigenvalue weighted by Gasteiger charge is 2.16. The van der Waals surface area contributed by atoms with Crippen LogP contribution < -0.4 is 5.32 Å². The minimum absolute atomic E-state index is 0.351. The molecule has 0 bridgehead atoms. The molecule has 0 rings (SSSR count). The summed E-state index contributed by atoms with van der Waals surface area (Å²) in [6, 6.07) is 0. The third-order valence-corrected chi connectivity index (χ3v) is 2.28. The molecule has 0 radical (unpaired) electrons. The van der Waals surface area contributed by atoms with Crippen LogP contribution in [0.2, 0.25) is 0 Å². The molecule has 0 fully saturated rings. The van der Waals surface area contributed by atoms with Crippen molar-refractivity contribution in [1.29, 1.82) is 0 Å². The lowest BCUT2D eigenvalue weighted by Gasteiger charge is -2.25. The Bertz CT molecular complexity index is 132. The topological polar surface area (TPSA) is 21.3 Å². The van der Waals surface area contributed by atoms with Crippen molar-refractivity contribution in [2.45, 2.75) is 41.0 Å². The van der Waals surface area contributed by atoms with E-state index in [1.54, 1.807) is 0 Å². The minimum Gasteiger partial charge on any atom is -0.382 e. The molecule has 0 saturated heterocycles. The summed E-state index contributed by atoms with van der Waals surface area (Å²) in [6.07, 6.45) is 1.13. The van der Waals surface area contributed by atoms with E-state index in [9.17, 15) is 0 Å². The van der Waals surface area contributed by atoms with Crippen LogP contribution in [-0.4, -0.2) is 26.3 Å². The van der Waals surface area contributed by atoms with Crippen molar-refractivity contribution in [2.24, 2.45) is 11.3 Å². The maximum Gasteiger partial charge on any atom is 0.0471 e. The van der Waals surface area contributed by atoms with E-state index in [2.05, 4.69) is 33.0 Å². The smallest absolute Gasteiger partial charge is 0.0471 e. The van der Waals surface area contributed by atoms with E-state index in [-0.39, 0.29) is 0 Å². The van der Waals surface area contributed by atoms with E-state index < -0.39 is 0 Å². The highest BCUT2D eigenvalue weighted by molar-refractivity contribution is 4.71. The number of hydrogen-bond donors (Lipinski definition) is 1. The maximum absolute atomic E-state index is 5.37. The van der Waals surface area contributed by atoms with Gasteiger partial charge in [-0.15, -0.1) is 0 Å². The Morgan fingerprint density at radius 2 is 1.93 bits per heavy atom. The SMILES string of the molecule is CCOCCC(C)(C)CNCC(C)C. The van der Waals surface area contributed by atoms with E-state index in [4.69, 9.17) is 4.74 Å². The fraction of sp³-hybridized carbons (Fsp3) is 1.00. The summed E-state index contributed by atoms with van der Waals surface area (Å²) in [7, 11) is 0. The zero-order valence-corrected chi connectivity index (χ0v) is 10.5. The molecule has 0 heterocycles. The average molecular weight is 201 g/mol. The molecular weight excluding hydrogens is 174 g/mol. The van der Waals surface area contributed by atoms with Crippen molar-refractivity contribution < 1.29 is 4.74 Å². The number of nitrogens with one attached hydrogen (secondary N) is 1. The van der Waals surface area contributed by atoms with Crippen LogP contribution in [0.3, 0.4) is 0 Å². The predicted molar refractivity (Wildman–Crippen MR) is 62.6 cm³/mol. The number of rotatable bonds is 8. The van der Waals surface area contributed by atoms with Crippen LogP contribution in [0.4, 0.5) is 0 Å². The average Bonchev–Trinajstić information content (AvgIpc) is 2.03. The summed E-state index contributed by atoms with van der Waals surface area (Å²) >= 11 is 0. The number of hydrogen-bond acceptors (Lipinski definition) is 2. The van der Waals surface area contributed by atoms with Gasteiger partial charge in [-0.1, -0.05) is 27.7 Å². The van der Waals surface area contributed by atoms with Crippen LogP contribution in [0.1, 0.15) is 41.0 Å². The maximum atomic E-state index is 5.37. The molecule has 14 heavy (non-hydrogen) atoms. The summed E-state index contributed by atoms with van der Waals surface area (Å²) in [5.74, 6) is 0.734. The Morgan fingerprint density at radius 3 is 2.43 bits per heavy atom. The Kier molecular flexibility index (Phi) is 7.20. The zero-order chi connectivity index (χ0) is 11.0. The molecular formula is C12H27NO. The molecule has 0 aromatic heterocycles. The van der Waals surface area contributed by atoms with Crippen molar-refractivity contribution in [1.82, 2.24) is 5.32 Å². The van der Waals surface area contributed by atoms with Gasteiger partial charge in [-0.25, -0.2) is 0 Å². The zero-order valence-electron chi connectivity index (χ0n) is 10.5. The molecule has 2 heteroatoms. The quantitative estimate of drug-likeness (QED) is 0.610. The van der Waals surface area contributed by atoms with Crippen LogP contribution in [0.5, 0.6) is 0 Å². The lowest BCUT2D eigenvalue weighted by atomic mass is 9.89. The number of ether oxygens (including phenoxy) is 1. The second-order valence-corrected chi connectivity index (χ2v) is 5.14. The van der Waals surface area contributed by atoms with Gasteiger partial charge in [-0.05, 0) is 31.2 Å². The second kappa shape index (κ2) is 7.24. The fourth-order valence-corrected chi connectivity index (χ4v) is 1.28. The summed E-state index contributed by atoms with van der Waals surface area (Å²) in [5, 5.41) is 3.50. The molecule has 0 atom stereocenters. The van der Waals surface area contributed by atoms with E-state index in [1.807, 2.05) is 6.92 Å². The van der Waals surface area contributed by atoms with Crippen molar-refractivity contribution >= 4 is 0 Å². The molecule has 0 unspecified atom stereocenters. The van der Waals surface area contributed by atoms with Gasteiger partial charge < -0.3 is 10.1 Å². The van der Waals surface area contributed by atoms with Crippen LogP contribution in [0.25, 0.3) is 0 Å². The van der Waals surface area contributed by atoms with Gasteiger partial charge >= 0.3 is 0 Å². The van der Waals surface area contributed by atoms with Gasteiger partial charge in [0.15, 0.2) is 0 Å². The van der Waals surface area contributed by atoms with Gasteiger partial charge in [0.1, 0.15) is 0 Å². The Morgan fingerprint density at radius 1 is 1.29 bits per heavy atom. The molecule has 0 aromatic carbocycles. The van der Waals surface area contributed by atoms with Crippen LogP contribution in [0.15, 0.2) is 0 Å². The first-order valence-corrected chi connectivity index (χ1v) is 5.76. The fourth-order valence-electron chi connectivity index (χ4n) is 1.28. The first-order valence-electron chi connectivity index (χ1n) is 5.76. The van der Waals surface area contributed by atoms with E-state index in [0.717, 1.165) is 38.6 Å². The molecule has 0 aliphatic carbocycles. The lowest BCUT2D eigenvalue weighted by Crippen LogP contribution is -2.32. The van der Waals surface area contributed by atoms with Gasteiger partial charge in [0.25, 0.3) is 0 Å². The molecule has 2 nitrogen and oxygen atoms in total. The molecule has 0 aliphatic rings. The molecule has 0 aliphatic heterocycles. The van der Waals surface area contributed by atoms with Gasteiger partial charge in [-0.3, -0.25) is 0 Å². The molecule has 1 N–H and O–H groups in total. The molecule has 0 aromatic rings. The van der Waals surface area contributed by atoms with E-state index in [1.165, 1.54) is 0 Å². The van der Waals surface area contributed by atoms with Gasteiger partial charge in [0.2, 0.25) is 0 Å². The van der Waals surface area contributed by atoms with Crippen molar-refractivity contribution in [2.75, 3.05) is 26.3 Å². The van der Waals surface area contributed by atoms with Crippen molar-refractivity contribution in [3.8, 4) is 0 Å². The summed E-state index contributed by atoms with van der Waals surface area (Å²) in [5.41, 5.74) is 0.351. The predicted octanol–water partition coefficient (Wildman–Crippen LogP) is 2.68. The molecule has 86 valence electrons. The van der Waals surface area contributed by atoms with Gasteiger partial charge in [-0.2, -0.15) is 0 Å². The van der Waals surface area contributed by atoms with E-state index in [0.29, 0.717) is 5.41 Å². The highest BCUT2D eigenvalue weighted by Crippen LogP contribution is 2.18. The second-order valence-electron chi connectivity index (χ2n) is 5.14. The highest BCUT2D eigenvalue weighted by atomic mass is 16.5. The first kappa shape index (κ1) is 13.9. The third kappa shape index (κ3) is 8.52. The van der Waals surface area contributed by atoms with Crippen LogP contribution in [0, 0.1) is 11.3 Å². The lowest BCUT2D eigenvalue weighted by molar-refractivity contribution is 0.113. The summed E-state index contributed by atoms with van der Waals surface area (Å²) < 4.78 is 5.37. The Hall–Kier alpha value is -0.0800. The largest absolute Gasteiger partial charge is 0.382 e. The first-order chi connectivity index (χ1) is 6.48. The normalized spacial score (nSPS) is 12.4. The molecule has 0 spiro atoms. The van der Waals surface area contributed by atoms with Crippen LogP contribution in [-0.2, 0) is 4.74 Å². The Labute approximate surface area is 89.4 Å². The van der Waals surface area contributed by atoms with Crippen LogP contribution >= 0.6 is 0 Å². The third-order valence-electron chi connectivity index (χ3n) is 2.28. The summed E-state index contributed by atoms with van der Waals surface area (Å²) in [4.78, 5) is 0. The minimum atomic E-state index is 0.351. The van der Waals surface area contributed by atoms with Crippen molar-refractivity contribution in [3.05, 3.63) is 0 Å². The molecule has 0 amide bonds. The Balaban J connectivity index is 3.50. The van der Waals surface area contributed by atoms with Gasteiger partial charge in [0.05, 0.1) is 0 Å².